The molecule has 0 unspecified atom stereocenters. The summed E-state index contributed by atoms with van der Waals surface area (Å²) in [5.74, 6) is -0.305. The number of nitrogens with zero attached hydrogens (tertiary/aromatic N) is 5. The predicted octanol–water partition coefficient (Wildman–Crippen LogP) is 2.66. The van der Waals surface area contributed by atoms with Gasteiger partial charge in [0, 0.05) is 21.2 Å². The molecule has 0 fully saturated rings. The fourth-order valence-electron chi connectivity index (χ4n) is 2.48. The number of carbonyl (C=O) groups excluding carboxylic acids is 1. The number of aromatic nitrogens is 3. The summed E-state index contributed by atoms with van der Waals surface area (Å²) in [6.07, 6.45) is 2.73. The summed E-state index contributed by atoms with van der Waals surface area (Å²) in [4.78, 5) is 25.8. The van der Waals surface area contributed by atoms with Gasteiger partial charge in [-0.25, -0.2) is 5.43 Å². The third-order valence-corrected chi connectivity index (χ3v) is 4.03. The Balaban J connectivity index is 1.72. The summed E-state index contributed by atoms with van der Waals surface area (Å²) in [7, 11) is 1.52. The lowest BCUT2D eigenvalue weighted by atomic mass is 10.1. The van der Waals surface area contributed by atoms with Crippen LogP contribution in [-0.2, 0) is 6.54 Å². The largest absolute Gasteiger partial charge is 0.496 e. The van der Waals surface area contributed by atoms with Crippen LogP contribution in [0.25, 0.3) is 0 Å². The molecule has 0 saturated carbocycles. The Hall–Kier alpha value is -3.79. The molecule has 1 N–H and O–H groups in total. The number of rotatable bonds is 7. The second kappa shape index (κ2) is 8.93. The highest BCUT2D eigenvalue weighted by atomic mass is 35.5. The van der Waals surface area contributed by atoms with E-state index in [0.29, 0.717) is 27.5 Å². The Morgan fingerprint density at radius 2 is 2.21 bits per heavy atom. The molecular formula is C18H15ClN6O4. The number of nitro groups is 1. The zero-order valence-corrected chi connectivity index (χ0v) is 15.9. The zero-order chi connectivity index (χ0) is 20.8. The normalized spacial score (nSPS) is 10.8. The van der Waals surface area contributed by atoms with Crippen molar-refractivity contribution in [3.05, 3.63) is 80.6 Å². The Morgan fingerprint density at radius 3 is 2.90 bits per heavy atom. The highest BCUT2D eigenvalue weighted by molar-refractivity contribution is 6.30. The number of nitrogens with one attached hydrogen (secondary N) is 1. The van der Waals surface area contributed by atoms with Crippen molar-refractivity contribution >= 4 is 29.7 Å². The van der Waals surface area contributed by atoms with Gasteiger partial charge in [0.1, 0.15) is 5.75 Å². The van der Waals surface area contributed by atoms with Gasteiger partial charge in [0.25, 0.3) is 5.91 Å². The maximum atomic E-state index is 12.1. The number of hydrogen-bond acceptors (Lipinski definition) is 7. The number of ether oxygens (including phenoxy) is 1. The van der Waals surface area contributed by atoms with Crippen molar-refractivity contribution in [2.75, 3.05) is 7.11 Å². The first kappa shape index (κ1) is 20.0. The van der Waals surface area contributed by atoms with Crippen LogP contribution in [0.1, 0.15) is 21.5 Å². The maximum absolute atomic E-state index is 12.1. The van der Waals surface area contributed by atoms with Crippen LogP contribution in [0.5, 0.6) is 5.75 Å². The minimum atomic E-state index is -0.667. The molecule has 3 aromatic rings. The van der Waals surface area contributed by atoms with Crippen LogP contribution < -0.4 is 10.2 Å². The Bertz CT molecular complexity index is 1080. The highest BCUT2D eigenvalue weighted by Gasteiger charge is 2.15. The molecule has 11 heteroatoms. The van der Waals surface area contributed by atoms with E-state index < -0.39 is 16.8 Å². The second-order valence-electron chi connectivity index (χ2n) is 5.78. The standard InChI is InChI=1S/C18H15ClN6O4/c1-29-16-6-5-12(7-14(16)10-24-11-20-18(23-24)25(27)28)9-21-22-17(26)13-3-2-4-15(19)8-13/h2-9,11H,10H2,1H3,(H,22,26). The Morgan fingerprint density at radius 1 is 1.38 bits per heavy atom. The monoisotopic (exact) mass is 414 g/mol. The van der Waals surface area contributed by atoms with Gasteiger partial charge in [0.15, 0.2) is 0 Å². The molecule has 10 nitrogen and oxygen atoms in total. The average Bonchev–Trinajstić information content (AvgIpc) is 3.17. The van der Waals surface area contributed by atoms with Crippen molar-refractivity contribution in [3.63, 3.8) is 0 Å². The molecule has 0 spiro atoms. The number of benzene rings is 2. The van der Waals surface area contributed by atoms with Crippen LogP contribution >= 0.6 is 11.6 Å². The van der Waals surface area contributed by atoms with E-state index in [-0.39, 0.29) is 6.54 Å². The van der Waals surface area contributed by atoms with E-state index in [1.165, 1.54) is 30.4 Å². The second-order valence-corrected chi connectivity index (χ2v) is 6.22. The zero-order valence-electron chi connectivity index (χ0n) is 15.2. The summed E-state index contributed by atoms with van der Waals surface area (Å²) >= 11 is 5.87. The topological polar surface area (TPSA) is 125 Å². The third kappa shape index (κ3) is 5.14. The summed E-state index contributed by atoms with van der Waals surface area (Å²) in [5, 5.41) is 18.9. The summed E-state index contributed by atoms with van der Waals surface area (Å²) in [5.41, 5.74) is 4.20. The molecule has 0 saturated heterocycles. The fourth-order valence-corrected chi connectivity index (χ4v) is 2.67. The Kier molecular flexibility index (Phi) is 6.15. The molecule has 148 valence electrons. The van der Waals surface area contributed by atoms with Crippen molar-refractivity contribution in [3.8, 4) is 5.75 Å². The van der Waals surface area contributed by atoms with Gasteiger partial charge in [-0.2, -0.15) is 9.78 Å². The van der Waals surface area contributed by atoms with Gasteiger partial charge >= 0.3 is 5.95 Å². The van der Waals surface area contributed by atoms with Crippen molar-refractivity contribution in [2.45, 2.75) is 6.54 Å². The number of carbonyl (C=O) groups is 1. The van der Waals surface area contributed by atoms with Crippen LogP contribution in [0.2, 0.25) is 5.02 Å². The predicted molar refractivity (Wildman–Crippen MR) is 105 cm³/mol. The van der Waals surface area contributed by atoms with E-state index >= 15 is 0 Å². The molecule has 0 atom stereocenters. The molecule has 0 bridgehead atoms. The van der Waals surface area contributed by atoms with Crippen molar-refractivity contribution in [2.24, 2.45) is 5.10 Å². The summed E-state index contributed by atoms with van der Waals surface area (Å²) in [6, 6.07) is 11.7. The maximum Gasteiger partial charge on any atom is 0.490 e. The molecule has 0 radical (unpaired) electrons. The molecule has 1 amide bonds. The SMILES string of the molecule is COc1ccc(C=NNC(=O)c2cccc(Cl)c2)cc1Cn1cnc([N+](=O)[O-])n1. The van der Waals surface area contributed by atoms with Crippen LogP contribution in [0, 0.1) is 10.1 Å². The quantitative estimate of drug-likeness (QED) is 0.360. The molecule has 1 heterocycles. The number of amides is 1. The van der Waals surface area contributed by atoms with Gasteiger partial charge in [-0.1, -0.05) is 22.7 Å². The van der Waals surface area contributed by atoms with E-state index in [1.807, 2.05) is 0 Å². The number of methoxy groups -OCH3 is 1. The minimum absolute atomic E-state index is 0.209. The van der Waals surface area contributed by atoms with Crippen molar-refractivity contribution in [1.82, 2.24) is 20.2 Å². The molecule has 0 aliphatic rings. The summed E-state index contributed by atoms with van der Waals surface area (Å²) in [6.45, 7) is 0.209. The van der Waals surface area contributed by atoms with Gasteiger partial charge in [0.2, 0.25) is 6.33 Å². The Labute approximate surface area is 169 Å². The summed E-state index contributed by atoms with van der Waals surface area (Å²) < 4.78 is 6.65. The van der Waals surface area contributed by atoms with Gasteiger partial charge < -0.3 is 14.9 Å². The lowest BCUT2D eigenvalue weighted by Gasteiger charge is -2.08. The minimum Gasteiger partial charge on any atom is -0.496 e. The first-order valence-corrected chi connectivity index (χ1v) is 8.64. The van der Waals surface area contributed by atoms with Crippen molar-refractivity contribution < 1.29 is 14.5 Å². The number of hydrogen-bond donors (Lipinski definition) is 1. The van der Waals surface area contributed by atoms with Gasteiger partial charge in [-0.05, 0) is 46.9 Å². The van der Waals surface area contributed by atoms with Gasteiger partial charge in [-0.3, -0.25) is 4.79 Å². The van der Waals surface area contributed by atoms with E-state index in [0.717, 1.165) is 0 Å². The average molecular weight is 415 g/mol. The fraction of sp³-hybridized carbons (Fsp3) is 0.111. The van der Waals surface area contributed by atoms with Crippen LogP contribution in [0.3, 0.4) is 0 Å². The lowest BCUT2D eigenvalue weighted by Crippen LogP contribution is -2.17. The van der Waals surface area contributed by atoms with E-state index in [2.05, 4.69) is 20.6 Å². The smallest absolute Gasteiger partial charge is 0.490 e. The van der Waals surface area contributed by atoms with E-state index in [1.54, 1.807) is 36.4 Å². The van der Waals surface area contributed by atoms with E-state index in [4.69, 9.17) is 16.3 Å². The van der Waals surface area contributed by atoms with Crippen LogP contribution in [0.15, 0.2) is 53.9 Å². The first-order chi connectivity index (χ1) is 14.0. The molecule has 0 aliphatic carbocycles. The van der Waals surface area contributed by atoms with E-state index in [9.17, 15) is 14.9 Å². The van der Waals surface area contributed by atoms with Gasteiger partial charge in [-0.15, -0.1) is 0 Å². The molecule has 1 aromatic heterocycles. The van der Waals surface area contributed by atoms with Crippen molar-refractivity contribution in [1.29, 1.82) is 0 Å². The highest BCUT2D eigenvalue weighted by Crippen LogP contribution is 2.20. The van der Waals surface area contributed by atoms with Gasteiger partial charge in [0.05, 0.1) is 19.9 Å². The molecule has 29 heavy (non-hydrogen) atoms. The molecular weight excluding hydrogens is 400 g/mol. The van der Waals surface area contributed by atoms with Crippen LogP contribution in [0.4, 0.5) is 5.95 Å². The number of hydrazone groups is 1. The number of halogens is 1. The molecule has 3 rings (SSSR count). The molecule has 0 aliphatic heterocycles. The third-order valence-electron chi connectivity index (χ3n) is 3.79. The molecule has 2 aromatic carbocycles. The first-order valence-electron chi connectivity index (χ1n) is 8.26. The van der Waals surface area contributed by atoms with Crippen LogP contribution in [-0.4, -0.2) is 38.9 Å². The lowest BCUT2D eigenvalue weighted by molar-refractivity contribution is -0.394.